The van der Waals surface area contributed by atoms with Crippen molar-refractivity contribution in [3.8, 4) is 10.6 Å². The van der Waals surface area contributed by atoms with Gasteiger partial charge in [-0.3, -0.25) is 0 Å². The lowest BCUT2D eigenvalue weighted by Crippen LogP contribution is -1.94. The number of aryl methyl sites for hydroxylation is 2. The van der Waals surface area contributed by atoms with E-state index in [0.717, 1.165) is 32.1 Å². The van der Waals surface area contributed by atoms with E-state index in [4.69, 9.17) is 0 Å². The molecule has 3 nitrogen and oxygen atoms in total. The third kappa shape index (κ3) is 2.82. The second kappa shape index (κ2) is 5.54. The molecule has 0 amide bonds. The molecule has 0 fully saturated rings. The fourth-order valence-electron chi connectivity index (χ4n) is 2.06. The molecule has 0 aliphatic rings. The molecule has 6 heteroatoms. The van der Waals surface area contributed by atoms with E-state index in [1.165, 1.54) is 17.4 Å². The van der Waals surface area contributed by atoms with E-state index in [1.54, 1.807) is 24.3 Å². The van der Waals surface area contributed by atoms with Gasteiger partial charge in [0.25, 0.3) is 0 Å². The average molecular weight is 319 g/mol. The number of thiazole rings is 2. The first kappa shape index (κ1) is 14.2. The topological polar surface area (TPSA) is 37.8 Å². The zero-order valence-corrected chi connectivity index (χ0v) is 13.5. The van der Waals surface area contributed by atoms with Crippen LogP contribution in [0.3, 0.4) is 0 Å². The van der Waals surface area contributed by atoms with Gasteiger partial charge in [-0.25, -0.2) is 14.4 Å². The van der Waals surface area contributed by atoms with E-state index in [2.05, 4.69) is 15.3 Å². The Labute approximate surface area is 130 Å². The lowest BCUT2D eigenvalue weighted by molar-refractivity contribution is 0.619. The molecular weight excluding hydrogens is 305 g/mol. The van der Waals surface area contributed by atoms with Crippen LogP contribution in [-0.4, -0.2) is 9.97 Å². The first-order valence-corrected chi connectivity index (χ1v) is 8.16. The minimum Gasteiger partial charge on any atom is -0.331 e. The van der Waals surface area contributed by atoms with Gasteiger partial charge in [-0.1, -0.05) is 6.07 Å². The van der Waals surface area contributed by atoms with Crippen LogP contribution in [0.25, 0.3) is 10.6 Å². The Morgan fingerprint density at radius 2 is 1.95 bits per heavy atom. The molecule has 21 heavy (non-hydrogen) atoms. The molecule has 0 aliphatic heterocycles. The molecule has 0 bridgehead atoms. The molecule has 0 aliphatic carbocycles. The molecule has 0 saturated carbocycles. The fourth-order valence-corrected chi connectivity index (χ4v) is 3.73. The molecule has 108 valence electrons. The van der Waals surface area contributed by atoms with Crippen LogP contribution in [0.1, 0.15) is 16.3 Å². The van der Waals surface area contributed by atoms with Crippen LogP contribution in [0.2, 0.25) is 0 Å². The SMILES string of the molecule is Cc1nc(C)c(-c2csc(Nc3cccc(F)c3C)n2)s1. The van der Waals surface area contributed by atoms with E-state index >= 15 is 0 Å². The second-order valence-corrected chi connectivity index (χ2v) is 6.78. The zero-order chi connectivity index (χ0) is 15.0. The number of aromatic nitrogens is 2. The molecule has 3 rings (SSSR count). The highest BCUT2D eigenvalue weighted by Crippen LogP contribution is 2.33. The zero-order valence-electron chi connectivity index (χ0n) is 11.9. The van der Waals surface area contributed by atoms with Gasteiger partial charge >= 0.3 is 0 Å². The van der Waals surface area contributed by atoms with Crippen LogP contribution >= 0.6 is 22.7 Å². The van der Waals surface area contributed by atoms with Gasteiger partial charge in [0.2, 0.25) is 0 Å². The summed E-state index contributed by atoms with van der Waals surface area (Å²) in [5, 5.41) is 6.97. The monoisotopic (exact) mass is 319 g/mol. The van der Waals surface area contributed by atoms with Crippen molar-refractivity contribution >= 4 is 33.5 Å². The lowest BCUT2D eigenvalue weighted by Gasteiger charge is -2.06. The van der Waals surface area contributed by atoms with E-state index in [-0.39, 0.29) is 5.82 Å². The highest BCUT2D eigenvalue weighted by atomic mass is 32.1. The summed E-state index contributed by atoms with van der Waals surface area (Å²) >= 11 is 3.14. The van der Waals surface area contributed by atoms with Crippen LogP contribution in [0.5, 0.6) is 0 Å². The number of hydrogen-bond donors (Lipinski definition) is 1. The van der Waals surface area contributed by atoms with Gasteiger partial charge in [-0.2, -0.15) is 0 Å². The maximum absolute atomic E-state index is 13.5. The van der Waals surface area contributed by atoms with Crippen LogP contribution in [0, 0.1) is 26.6 Å². The van der Waals surface area contributed by atoms with Gasteiger partial charge in [0.15, 0.2) is 5.13 Å². The highest BCUT2D eigenvalue weighted by Gasteiger charge is 2.12. The van der Waals surface area contributed by atoms with Crippen LogP contribution in [0.15, 0.2) is 23.6 Å². The number of hydrogen-bond acceptors (Lipinski definition) is 5. The summed E-state index contributed by atoms with van der Waals surface area (Å²) in [4.78, 5) is 10.1. The Kier molecular flexibility index (Phi) is 3.73. The molecule has 3 aromatic rings. The maximum Gasteiger partial charge on any atom is 0.187 e. The molecule has 1 aromatic carbocycles. The quantitative estimate of drug-likeness (QED) is 0.732. The van der Waals surface area contributed by atoms with Gasteiger partial charge in [-0.15, -0.1) is 22.7 Å². The Morgan fingerprint density at radius 3 is 2.67 bits per heavy atom. The molecular formula is C15H14FN3S2. The summed E-state index contributed by atoms with van der Waals surface area (Å²) in [6.45, 7) is 5.73. The molecule has 2 aromatic heterocycles. The van der Waals surface area contributed by atoms with Crippen molar-refractivity contribution < 1.29 is 4.39 Å². The Hall–Kier alpha value is -1.79. The van der Waals surface area contributed by atoms with E-state index in [0.29, 0.717) is 5.56 Å². The lowest BCUT2D eigenvalue weighted by atomic mass is 10.2. The van der Waals surface area contributed by atoms with Gasteiger partial charge in [0.1, 0.15) is 5.82 Å². The van der Waals surface area contributed by atoms with Gasteiger partial charge in [0.05, 0.1) is 21.3 Å². The van der Waals surface area contributed by atoms with Crippen molar-refractivity contribution in [3.05, 3.63) is 45.7 Å². The largest absolute Gasteiger partial charge is 0.331 e. The van der Waals surface area contributed by atoms with Crippen LogP contribution < -0.4 is 5.32 Å². The average Bonchev–Trinajstić information content (AvgIpc) is 3.01. The Balaban J connectivity index is 1.89. The first-order valence-electron chi connectivity index (χ1n) is 6.46. The number of nitrogens with zero attached hydrogens (tertiary/aromatic N) is 2. The highest BCUT2D eigenvalue weighted by molar-refractivity contribution is 7.16. The Bertz CT molecular complexity index is 792. The first-order chi connectivity index (χ1) is 10.0. The van der Waals surface area contributed by atoms with Gasteiger partial charge < -0.3 is 5.32 Å². The molecule has 2 heterocycles. The minimum absolute atomic E-state index is 0.217. The van der Waals surface area contributed by atoms with Crippen molar-refractivity contribution in [2.75, 3.05) is 5.32 Å². The van der Waals surface area contributed by atoms with Crippen molar-refractivity contribution in [1.29, 1.82) is 0 Å². The third-order valence-electron chi connectivity index (χ3n) is 3.15. The summed E-state index contributed by atoms with van der Waals surface area (Å²) in [6.07, 6.45) is 0. The van der Waals surface area contributed by atoms with Gasteiger partial charge in [-0.05, 0) is 32.9 Å². The van der Waals surface area contributed by atoms with Crippen LogP contribution in [-0.2, 0) is 0 Å². The van der Waals surface area contributed by atoms with Crippen molar-refractivity contribution in [3.63, 3.8) is 0 Å². The molecule has 1 N–H and O–H groups in total. The third-order valence-corrected chi connectivity index (χ3v) is 5.00. The smallest absolute Gasteiger partial charge is 0.187 e. The predicted octanol–water partition coefficient (Wildman–Crippen LogP) is 5.07. The van der Waals surface area contributed by atoms with E-state index in [9.17, 15) is 4.39 Å². The number of benzene rings is 1. The number of rotatable bonds is 3. The molecule has 0 saturated heterocycles. The normalized spacial score (nSPS) is 10.9. The molecule has 0 radical (unpaired) electrons. The van der Waals surface area contributed by atoms with Crippen molar-refractivity contribution in [1.82, 2.24) is 9.97 Å². The standard InChI is InChI=1S/C15H14FN3S2/c1-8-11(16)5-4-6-12(8)18-15-19-13(7-20-15)14-9(2)17-10(3)21-14/h4-7H,1-3H3,(H,18,19). The van der Waals surface area contributed by atoms with E-state index in [1.807, 2.05) is 25.3 Å². The maximum atomic E-state index is 13.5. The van der Waals surface area contributed by atoms with Crippen molar-refractivity contribution in [2.24, 2.45) is 0 Å². The molecule has 0 unspecified atom stereocenters. The Morgan fingerprint density at radius 1 is 1.14 bits per heavy atom. The second-order valence-electron chi connectivity index (χ2n) is 4.72. The summed E-state index contributed by atoms with van der Waals surface area (Å²) in [6, 6.07) is 4.99. The van der Waals surface area contributed by atoms with Crippen LogP contribution in [0.4, 0.5) is 15.2 Å². The fraction of sp³-hybridized carbons (Fsp3) is 0.200. The minimum atomic E-state index is -0.217. The molecule has 0 spiro atoms. The summed E-state index contributed by atoms with van der Waals surface area (Å²) in [5.41, 5.74) is 3.25. The summed E-state index contributed by atoms with van der Waals surface area (Å²) in [7, 11) is 0. The number of anilines is 2. The summed E-state index contributed by atoms with van der Waals surface area (Å²) < 4.78 is 13.5. The van der Waals surface area contributed by atoms with Gasteiger partial charge in [0, 0.05) is 16.6 Å². The summed E-state index contributed by atoms with van der Waals surface area (Å²) in [5.74, 6) is -0.217. The number of nitrogens with one attached hydrogen (secondary N) is 1. The van der Waals surface area contributed by atoms with E-state index < -0.39 is 0 Å². The predicted molar refractivity (Wildman–Crippen MR) is 87.1 cm³/mol. The van der Waals surface area contributed by atoms with Crippen molar-refractivity contribution in [2.45, 2.75) is 20.8 Å². The number of halogens is 1. The molecule has 0 atom stereocenters.